The minimum Gasteiger partial charge on any atom is -0.497 e. The average molecular weight is 394 g/mol. The molecule has 0 radical (unpaired) electrons. The zero-order chi connectivity index (χ0) is 20.8. The summed E-state index contributed by atoms with van der Waals surface area (Å²) in [5, 5.41) is 5.97. The van der Waals surface area contributed by atoms with E-state index >= 15 is 0 Å². The molecule has 0 bridgehead atoms. The van der Waals surface area contributed by atoms with Crippen molar-refractivity contribution in [1.82, 2.24) is 9.97 Å². The lowest BCUT2D eigenvalue weighted by atomic mass is 10.2. The van der Waals surface area contributed by atoms with Crippen molar-refractivity contribution >= 4 is 23.1 Å². The molecule has 1 amide bonds. The van der Waals surface area contributed by atoms with Gasteiger partial charge >= 0.3 is 0 Å². The Hall–Kier alpha value is -3.81. The van der Waals surface area contributed by atoms with E-state index in [0.717, 1.165) is 5.69 Å². The topological polar surface area (TPSA) is 94.6 Å². The maximum absolute atomic E-state index is 12.6. The Morgan fingerprint density at radius 1 is 0.862 bits per heavy atom. The van der Waals surface area contributed by atoms with Crippen LogP contribution in [0.15, 0.2) is 48.5 Å². The number of aryl methyl sites for hydroxylation is 1. The molecule has 8 heteroatoms. The lowest BCUT2D eigenvalue weighted by Crippen LogP contribution is -2.15. The van der Waals surface area contributed by atoms with E-state index in [1.54, 1.807) is 70.7 Å². The first-order valence-electron chi connectivity index (χ1n) is 8.82. The highest BCUT2D eigenvalue weighted by atomic mass is 16.5. The lowest BCUT2D eigenvalue weighted by Gasteiger charge is -2.12. The average Bonchev–Trinajstić information content (AvgIpc) is 2.73. The number of ether oxygens (including phenoxy) is 3. The van der Waals surface area contributed by atoms with Crippen LogP contribution in [0.2, 0.25) is 0 Å². The number of nitrogens with zero attached hydrogens (tertiary/aromatic N) is 2. The van der Waals surface area contributed by atoms with E-state index in [2.05, 4.69) is 20.6 Å². The van der Waals surface area contributed by atoms with Gasteiger partial charge in [0.15, 0.2) is 11.5 Å². The monoisotopic (exact) mass is 394 g/mol. The molecule has 0 fully saturated rings. The third-order valence-electron chi connectivity index (χ3n) is 4.05. The number of aromatic nitrogens is 2. The Morgan fingerprint density at radius 2 is 1.66 bits per heavy atom. The Morgan fingerprint density at radius 3 is 2.38 bits per heavy atom. The van der Waals surface area contributed by atoms with Gasteiger partial charge in [-0.25, -0.2) is 9.97 Å². The van der Waals surface area contributed by atoms with Gasteiger partial charge in [-0.15, -0.1) is 0 Å². The molecule has 29 heavy (non-hydrogen) atoms. The number of hydrogen-bond acceptors (Lipinski definition) is 7. The Kier molecular flexibility index (Phi) is 6.13. The van der Waals surface area contributed by atoms with Gasteiger partial charge in [-0.05, 0) is 31.2 Å². The van der Waals surface area contributed by atoms with E-state index < -0.39 is 0 Å². The third-order valence-corrected chi connectivity index (χ3v) is 4.05. The van der Waals surface area contributed by atoms with Gasteiger partial charge < -0.3 is 24.8 Å². The molecule has 150 valence electrons. The van der Waals surface area contributed by atoms with Gasteiger partial charge in [0.2, 0.25) is 0 Å². The first kappa shape index (κ1) is 19.9. The van der Waals surface area contributed by atoms with Crippen LogP contribution in [0.1, 0.15) is 16.3 Å². The fourth-order valence-corrected chi connectivity index (χ4v) is 2.71. The SMILES string of the molecule is COc1cccc(NC(=O)c2cc(Nc3ccc(OC)c(OC)c3)nc(C)n2)c1. The molecule has 8 nitrogen and oxygen atoms in total. The molecule has 3 aromatic rings. The van der Waals surface area contributed by atoms with Crippen LogP contribution in [-0.2, 0) is 0 Å². The molecule has 0 atom stereocenters. The second kappa shape index (κ2) is 8.92. The molecule has 1 aromatic heterocycles. The molecule has 0 unspecified atom stereocenters. The van der Waals surface area contributed by atoms with Crippen LogP contribution in [0, 0.1) is 6.92 Å². The number of carbonyl (C=O) groups excluding carboxylic acids is 1. The number of hydrogen-bond donors (Lipinski definition) is 2. The van der Waals surface area contributed by atoms with Crippen LogP contribution in [0.25, 0.3) is 0 Å². The number of nitrogens with one attached hydrogen (secondary N) is 2. The van der Waals surface area contributed by atoms with Crippen LogP contribution in [0.3, 0.4) is 0 Å². The summed E-state index contributed by atoms with van der Waals surface area (Å²) in [7, 11) is 4.71. The minimum atomic E-state index is -0.348. The molecule has 2 aromatic carbocycles. The van der Waals surface area contributed by atoms with Crippen molar-refractivity contribution in [2.24, 2.45) is 0 Å². The van der Waals surface area contributed by atoms with Gasteiger partial charge in [0, 0.05) is 29.6 Å². The van der Waals surface area contributed by atoms with Crippen molar-refractivity contribution in [3.8, 4) is 17.2 Å². The first-order chi connectivity index (χ1) is 14.0. The minimum absolute atomic E-state index is 0.239. The van der Waals surface area contributed by atoms with Crippen LogP contribution < -0.4 is 24.8 Å². The van der Waals surface area contributed by atoms with Gasteiger partial charge in [-0.2, -0.15) is 0 Å². The zero-order valence-corrected chi connectivity index (χ0v) is 16.6. The van der Waals surface area contributed by atoms with Gasteiger partial charge in [-0.1, -0.05) is 6.07 Å². The number of rotatable bonds is 7. The predicted molar refractivity (Wildman–Crippen MR) is 111 cm³/mol. The molecule has 1 heterocycles. The number of methoxy groups -OCH3 is 3. The maximum Gasteiger partial charge on any atom is 0.274 e. The van der Waals surface area contributed by atoms with E-state index in [9.17, 15) is 4.79 Å². The fraction of sp³-hybridized carbons (Fsp3) is 0.190. The van der Waals surface area contributed by atoms with E-state index in [1.807, 2.05) is 6.07 Å². The second-order valence-electron chi connectivity index (χ2n) is 6.07. The number of carbonyl (C=O) groups is 1. The summed E-state index contributed by atoms with van der Waals surface area (Å²) in [6, 6.07) is 14.1. The molecule has 0 spiro atoms. The molecular formula is C21H22N4O4. The van der Waals surface area contributed by atoms with Crippen LogP contribution in [-0.4, -0.2) is 37.2 Å². The second-order valence-corrected chi connectivity index (χ2v) is 6.07. The number of anilines is 3. The zero-order valence-electron chi connectivity index (χ0n) is 16.6. The Balaban J connectivity index is 1.81. The fourth-order valence-electron chi connectivity index (χ4n) is 2.71. The smallest absolute Gasteiger partial charge is 0.274 e. The van der Waals surface area contributed by atoms with Gasteiger partial charge in [0.1, 0.15) is 23.1 Å². The first-order valence-corrected chi connectivity index (χ1v) is 8.82. The van der Waals surface area contributed by atoms with Crippen molar-refractivity contribution in [2.75, 3.05) is 32.0 Å². The maximum atomic E-state index is 12.6. The van der Waals surface area contributed by atoms with Gasteiger partial charge in [0.25, 0.3) is 5.91 Å². The highest BCUT2D eigenvalue weighted by Gasteiger charge is 2.12. The molecule has 0 aliphatic heterocycles. The van der Waals surface area contributed by atoms with Crippen molar-refractivity contribution in [3.63, 3.8) is 0 Å². The normalized spacial score (nSPS) is 10.2. The van der Waals surface area contributed by atoms with Crippen molar-refractivity contribution in [1.29, 1.82) is 0 Å². The predicted octanol–water partition coefficient (Wildman–Crippen LogP) is 3.81. The summed E-state index contributed by atoms with van der Waals surface area (Å²) in [5.74, 6) is 2.46. The Labute approximate surface area is 168 Å². The summed E-state index contributed by atoms with van der Waals surface area (Å²) in [6.45, 7) is 1.72. The van der Waals surface area contributed by atoms with E-state index in [4.69, 9.17) is 14.2 Å². The van der Waals surface area contributed by atoms with Crippen LogP contribution in [0.4, 0.5) is 17.2 Å². The van der Waals surface area contributed by atoms with Gasteiger partial charge in [0.05, 0.1) is 21.3 Å². The third kappa shape index (κ3) is 4.92. The highest BCUT2D eigenvalue weighted by molar-refractivity contribution is 6.03. The van der Waals surface area contributed by atoms with Gasteiger partial charge in [-0.3, -0.25) is 4.79 Å². The van der Waals surface area contributed by atoms with Crippen molar-refractivity contribution < 1.29 is 19.0 Å². The summed E-state index contributed by atoms with van der Waals surface area (Å²) < 4.78 is 15.7. The summed E-state index contributed by atoms with van der Waals surface area (Å²) in [6.07, 6.45) is 0. The lowest BCUT2D eigenvalue weighted by molar-refractivity contribution is 0.102. The summed E-state index contributed by atoms with van der Waals surface area (Å²) >= 11 is 0. The largest absolute Gasteiger partial charge is 0.497 e. The standard InChI is InChI=1S/C21H22N4O4/c1-13-22-17(21(26)25-14-6-5-7-16(10-14)27-2)12-20(23-13)24-15-8-9-18(28-3)19(11-15)29-4/h5-12H,1-4H3,(H,25,26)(H,22,23,24). The van der Waals surface area contributed by atoms with E-state index in [-0.39, 0.29) is 11.6 Å². The Bertz CT molecular complexity index is 1020. The molecule has 0 saturated heterocycles. The molecule has 0 aliphatic carbocycles. The molecule has 0 aliphatic rings. The molecule has 3 rings (SSSR count). The number of amides is 1. The van der Waals surface area contributed by atoms with Crippen molar-refractivity contribution in [2.45, 2.75) is 6.92 Å². The van der Waals surface area contributed by atoms with Crippen molar-refractivity contribution in [3.05, 3.63) is 60.0 Å². The number of benzene rings is 2. The molecule has 0 saturated carbocycles. The van der Waals surface area contributed by atoms with E-state index in [0.29, 0.717) is 34.6 Å². The van der Waals surface area contributed by atoms with Crippen LogP contribution >= 0.6 is 0 Å². The quantitative estimate of drug-likeness (QED) is 0.629. The summed E-state index contributed by atoms with van der Waals surface area (Å²) in [4.78, 5) is 21.2. The van der Waals surface area contributed by atoms with Crippen LogP contribution in [0.5, 0.6) is 17.2 Å². The summed E-state index contributed by atoms with van der Waals surface area (Å²) in [5.41, 5.74) is 1.59. The highest BCUT2D eigenvalue weighted by Crippen LogP contribution is 2.31. The molecular weight excluding hydrogens is 372 g/mol. The van der Waals surface area contributed by atoms with E-state index in [1.165, 1.54) is 0 Å². The molecule has 2 N–H and O–H groups in total.